The van der Waals surface area contributed by atoms with Gasteiger partial charge < -0.3 is 5.32 Å². The molecule has 0 aromatic heterocycles. The molecule has 0 spiro atoms. The predicted octanol–water partition coefficient (Wildman–Crippen LogP) is 3.66. The predicted molar refractivity (Wildman–Crippen MR) is 77.8 cm³/mol. The molecule has 2 heteroatoms. The van der Waals surface area contributed by atoms with E-state index in [0.29, 0.717) is 0 Å². The minimum absolute atomic E-state index is 0.759. The Kier molecular flexibility index (Phi) is 4.93. The first kappa shape index (κ1) is 13.0. The first-order valence-corrected chi connectivity index (χ1v) is 7.89. The monoisotopic (exact) mass is 249 g/mol. The zero-order valence-electron chi connectivity index (χ0n) is 10.9. The van der Waals surface area contributed by atoms with Gasteiger partial charge in [-0.1, -0.05) is 37.3 Å². The van der Waals surface area contributed by atoms with Crippen molar-refractivity contribution in [1.29, 1.82) is 0 Å². The Hall–Kier alpha value is -0.470. The maximum Gasteiger partial charge on any atom is 0.00787 e. The van der Waals surface area contributed by atoms with Crippen LogP contribution in [0.4, 0.5) is 0 Å². The van der Waals surface area contributed by atoms with Crippen LogP contribution in [0, 0.1) is 0 Å². The van der Waals surface area contributed by atoms with E-state index in [1.165, 1.54) is 31.4 Å². The Morgan fingerprint density at radius 2 is 2.00 bits per heavy atom. The van der Waals surface area contributed by atoms with Gasteiger partial charge in [0.2, 0.25) is 0 Å². The number of rotatable bonds is 6. The van der Waals surface area contributed by atoms with Gasteiger partial charge in [0.15, 0.2) is 0 Å². The molecule has 1 aliphatic carbocycles. The fraction of sp³-hybridized carbons (Fsp3) is 0.600. The highest BCUT2D eigenvalue weighted by Crippen LogP contribution is 2.36. The molecule has 94 valence electrons. The second-order valence-corrected chi connectivity index (χ2v) is 6.34. The highest BCUT2D eigenvalue weighted by atomic mass is 32.2. The molecule has 1 aliphatic rings. The summed E-state index contributed by atoms with van der Waals surface area (Å²) in [5.74, 6) is 0.798. The third-order valence-electron chi connectivity index (χ3n) is 3.80. The lowest BCUT2D eigenvalue weighted by Gasteiger charge is -2.36. The van der Waals surface area contributed by atoms with E-state index in [1.807, 2.05) is 11.8 Å². The van der Waals surface area contributed by atoms with Crippen molar-refractivity contribution in [2.75, 3.05) is 12.8 Å². The molecule has 1 saturated carbocycles. The van der Waals surface area contributed by atoms with Gasteiger partial charge in [0, 0.05) is 11.3 Å². The van der Waals surface area contributed by atoms with Crippen LogP contribution in [0.3, 0.4) is 0 Å². The normalized spacial score (nSPS) is 25.3. The van der Waals surface area contributed by atoms with E-state index in [2.05, 4.69) is 48.8 Å². The second kappa shape index (κ2) is 6.46. The summed E-state index contributed by atoms with van der Waals surface area (Å²) in [4.78, 5) is 0. The maximum atomic E-state index is 3.67. The third kappa shape index (κ3) is 3.75. The average molecular weight is 249 g/mol. The van der Waals surface area contributed by atoms with Crippen molar-refractivity contribution < 1.29 is 0 Å². The van der Waals surface area contributed by atoms with Crippen molar-refractivity contribution in [2.24, 2.45) is 0 Å². The largest absolute Gasteiger partial charge is 0.314 e. The molecule has 0 heterocycles. The first-order chi connectivity index (χ1) is 8.29. The van der Waals surface area contributed by atoms with E-state index >= 15 is 0 Å². The molecule has 0 radical (unpaired) electrons. The fourth-order valence-corrected chi connectivity index (χ4v) is 2.74. The zero-order valence-corrected chi connectivity index (χ0v) is 11.7. The average Bonchev–Trinajstić information content (AvgIpc) is 2.32. The van der Waals surface area contributed by atoms with Gasteiger partial charge in [0.25, 0.3) is 0 Å². The van der Waals surface area contributed by atoms with E-state index in [0.717, 1.165) is 17.2 Å². The molecule has 0 bridgehead atoms. The van der Waals surface area contributed by atoms with Crippen LogP contribution in [0.2, 0.25) is 0 Å². The van der Waals surface area contributed by atoms with E-state index in [4.69, 9.17) is 0 Å². The SMILES string of the molecule is CSC(C)CCNC1CC(c2ccccc2)C1. The summed E-state index contributed by atoms with van der Waals surface area (Å²) in [6.07, 6.45) is 6.11. The van der Waals surface area contributed by atoms with Crippen LogP contribution < -0.4 is 5.32 Å². The molecule has 0 amide bonds. The van der Waals surface area contributed by atoms with Crippen molar-refractivity contribution >= 4 is 11.8 Å². The summed E-state index contributed by atoms with van der Waals surface area (Å²) in [5.41, 5.74) is 1.52. The molecule has 1 fully saturated rings. The van der Waals surface area contributed by atoms with Gasteiger partial charge in [-0.3, -0.25) is 0 Å². The molecule has 17 heavy (non-hydrogen) atoms. The van der Waals surface area contributed by atoms with Crippen molar-refractivity contribution in [2.45, 2.75) is 43.4 Å². The molecule has 1 nitrogen and oxygen atoms in total. The Bertz CT molecular complexity index is 319. The first-order valence-electron chi connectivity index (χ1n) is 6.60. The summed E-state index contributed by atoms with van der Waals surface area (Å²) < 4.78 is 0. The standard InChI is InChI=1S/C15H23NS/c1-12(17-2)8-9-16-15-10-14(11-15)13-6-4-3-5-7-13/h3-7,12,14-16H,8-11H2,1-2H3. The van der Waals surface area contributed by atoms with E-state index in [-0.39, 0.29) is 0 Å². The van der Waals surface area contributed by atoms with Gasteiger partial charge in [0.05, 0.1) is 0 Å². The molecule has 1 aromatic rings. The van der Waals surface area contributed by atoms with Crippen LogP contribution in [-0.4, -0.2) is 24.1 Å². The lowest BCUT2D eigenvalue weighted by Crippen LogP contribution is -2.40. The van der Waals surface area contributed by atoms with Crippen LogP contribution >= 0.6 is 11.8 Å². The topological polar surface area (TPSA) is 12.0 Å². The third-order valence-corrected chi connectivity index (χ3v) is 4.84. The van der Waals surface area contributed by atoms with Crippen molar-refractivity contribution in [3.05, 3.63) is 35.9 Å². The van der Waals surface area contributed by atoms with E-state index in [9.17, 15) is 0 Å². The van der Waals surface area contributed by atoms with Crippen molar-refractivity contribution in [3.8, 4) is 0 Å². The summed E-state index contributed by atoms with van der Waals surface area (Å²) in [6.45, 7) is 3.48. The molecule has 1 N–H and O–H groups in total. The highest BCUT2D eigenvalue weighted by molar-refractivity contribution is 7.99. The highest BCUT2D eigenvalue weighted by Gasteiger charge is 2.29. The van der Waals surface area contributed by atoms with Crippen LogP contribution in [0.1, 0.15) is 37.7 Å². The molecule has 2 rings (SSSR count). The van der Waals surface area contributed by atoms with E-state index in [1.54, 1.807) is 0 Å². The lowest BCUT2D eigenvalue weighted by molar-refractivity contribution is 0.291. The van der Waals surface area contributed by atoms with Gasteiger partial charge in [-0.15, -0.1) is 0 Å². The Morgan fingerprint density at radius 3 is 2.65 bits per heavy atom. The molecule has 1 unspecified atom stereocenters. The Morgan fingerprint density at radius 1 is 1.29 bits per heavy atom. The van der Waals surface area contributed by atoms with Crippen LogP contribution in [-0.2, 0) is 0 Å². The molecular formula is C15H23NS. The van der Waals surface area contributed by atoms with Crippen LogP contribution in [0.5, 0.6) is 0 Å². The molecule has 1 aromatic carbocycles. The summed E-state index contributed by atoms with van der Waals surface area (Å²) in [6, 6.07) is 11.7. The smallest absolute Gasteiger partial charge is 0.00787 e. The van der Waals surface area contributed by atoms with Crippen LogP contribution in [0.15, 0.2) is 30.3 Å². The quantitative estimate of drug-likeness (QED) is 0.825. The lowest BCUT2D eigenvalue weighted by atomic mass is 9.76. The minimum Gasteiger partial charge on any atom is -0.314 e. The zero-order chi connectivity index (χ0) is 12.1. The number of hydrogen-bond acceptors (Lipinski definition) is 2. The maximum absolute atomic E-state index is 3.67. The Labute approximate surface area is 109 Å². The summed E-state index contributed by atoms with van der Waals surface area (Å²) in [7, 11) is 0. The number of thioether (sulfide) groups is 1. The fourth-order valence-electron chi connectivity index (χ4n) is 2.39. The molecular weight excluding hydrogens is 226 g/mol. The summed E-state index contributed by atoms with van der Waals surface area (Å²) in [5, 5.41) is 4.46. The van der Waals surface area contributed by atoms with Crippen molar-refractivity contribution in [3.63, 3.8) is 0 Å². The number of nitrogens with one attached hydrogen (secondary N) is 1. The number of benzene rings is 1. The van der Waals surface area contributed by atoms with E-state index < -0.39 is 0 Å². The van der Waals surface area contributed by atoms with Crippen molar-refractivity contribution in [1.82, 2.24) is 5.32 Å². The molecule has 0 aliphatic heterocycles. The van der Waals surface area contributed by atoms with Crippen LogP contribution in [0.25, 0.3) is 0 Å². The van der Waals surface area contributed by atoms with Gasteiger partial charge in [-0.05, 0) is 43.5 Å². The van der Waals surface area contributed by atoms with Gasteiger partial charge in [-0.25, -0.2) is 0 Å². The summed E-state index contributed by atoms with van der Waals surface area (Å²) >= 11 is 1.96. The minimum atomic E-state index is 0.759. The Balaban J connectivity index is 1.63. The van der Waals surface area contributed by atoms with Gasteiger partial charge >= 0.3 is 0 Å². The molecule has 1 atom stereocenters. The second-order valence-electron chi connectivity index (χ2n) is 5.07. The molecule has 0 saturated heterocycles. The van der Waals surface area contributed by atoms with Gasteiger partial charge in [0.1, 0.15) is 0 Å². The number of hydrogen-bond donors (Lipinski definition) is 1. The van der Waals surface area contributed by atoms with Gasteiger partial charge in [-0.2, -0.15) is 11.8 Å².